The van der Waals surface area contributed by atoms with Crippen LogP contribution in [0.1, 0.15) is 40.0 Å². The Bertz CT molecular complexity index is 169. The van der Waals surface area contributed by atoms with Crippen molar-refractivity contribution in [3.8, 4) is 0 Å². The summed E-state index contributed by atoms with van der Waals surface area (Å²) in [5.41, 5.74) is 0. The molecule has 0 bridgehead atoms. The summed E-state index contributed by atoms with van der Waals surface area (Å²) < 4.78 is 4.64. The summed E-state index contributed by atoms with van der Waals surface area (Å²) in [6, 6.07) is 0. The summed E-state index contributed by atoms with van der Waals surface area (Å²) >= 11 is 0. The highest BCUT2D eigenvalue weighted by atomic mass is 16.5. The predicted octanol–water partition coefficient (Wildman–Crippen LogP) is 2.21. The Kier molecular flexibility index (Phi) is 8.38. The molecular weight excluding hydrogens is 190 g/mol. The second kappa shape index (κ2) is 8.72. The number of rotatable bonds is 8. The molecular formula is C12H25NO2. The van der Waals surface area contributed by atoms with Crippen molar-refractivity contribution in [2.75, 3.05) is 20.2 Å². The van der Waals surface area contributed by atoms with E-state index in [9.17, 15) is 4.79 Å². The molecule has 0 aliphatic carbocycles. The van der Waals surface area contributed by atoms with Crippen LogP contribution in [0.3, 0.4) is 0 Å². The third-order valence-electron chi connectivity index (χ3n) is 2.44. The second-order valence-electron chi connectivity index (χ2n) is 4.52. The van der Waals surface area contributed by atoms with Gasteiger partial charge in [-0.3, -0.25) is 4.79 Å². The van der Waals surface area contributed by atoms with E-state index < -0.39 is 0 Å². The summed E-state index contributed by atoms with van der Waals surface area (Å²) in [7, 11) is 1.43. The monoisotopic (exact) mass is 215 g/mol. The molecule has 3 heteroatoms. The van der Waals surface area contributed by atoms with Crippen LogP contribution in [0.5, 0.6) is 0 Å². The van der Waals surface area contributed by atoms with Gasteiger partial charge in [0.05, 0.1) is 13.0 Å². The molecule has 0 rings (SSSR count). The first-order valence-electron chi connectivity index (χ1n) is 5.86. The zero-order valence-corrected chi connectivity index (χ0v) is 10.5. The molecule has 0 spiro atoms. The van der Waals surface area contributed by atoms with Crippen molar-refractivity contribution in [2.24, 2.45) is 11.8 Å². The molecule has 0 saturated heterocycles. The molecule has 90 valence electrons. The fourth-order valence-electron chi connectivity index (χ4n) is 1.41. The minimum atomic E-state index is -0.135. The third kappa shape index (κ3) is 8.43. The Labute approximate surface area is 93.6 Å². The van der Waals surface area contributed by atoms with Gasteiger partial charge in [0, 0.05) is 6.54 Å². The molecule has 15 heavy (non-hydrogen) atoms. The van der Waals surface area contributed by atoms with Crippen LogP contribution in [-0.4, -0.2) is 26.2 Å². The van der Waals surface area contributed by atoms with Crippen molar-refractivity contribution >= 4 is 5.97 Å². The lowest BCUT2D eigenvalue weighted by Crippen LogP contribution is -2.28. The van der Waals surface area contributed by atoms with Crippen LogP contribution < -0.4 is 5.32 Å². The van der Waals surface area contributed by atoms with Gasteiger partial charge in [-0.05, 0) is 18.9 Å². The average Bonchev–Trinajstić information content (AvgIpc) is 2.21. The lowest BCUT2D eigenvalue weighted by atomic mass is 10.1. The molecule has 0 aromatic carbocycles. The minimum Gasteiger partial charge on any atom is -0.469 e. The van der Waals surface area contributed by atoms with Crippen molar-refractivity contribution in [3.63, 3.8) is 0 Å². The maximum absolute atomic E-state index is 11.1. The molecule has 0 aliphatic heterocycles. The van der Waals surface area contributed by atoms with E-state index in [1.807, 2.05) is 6.92 Å². The molecule has 0 saturated carbocycles. The van der Waals surface area contributed by atoms with Crippen molar-refractivity contribution in [1.29, 1.82) is 0 Å². The van der Waals surface area contributed by atoms with Crippen LogP contribution in [0.25, 0.3) is 0 Å². The van der Waals surface area contributed by atoms with E-state index >= 15 is 0 Å². The van der Waals surface area contributed by atoms with Crippen molar-refractivity contribution in [1.82, 2.24) is 5.32 Å². The fraction of sp³-hybridized carbons (Fsp3) is 0.917. The Morgan fingerprint density at radius 2 is 1.93 bits per heavy atom. The Morgan fingerprint density at radius 1 is 1.27 bits per heavy atom. The SMILES string of the molecule is COC(=O)C(C)CNCCCCC(C)C. The van der Waals surface area contributed by atoms with E-state index in [-0.39, 0.29) is 11.9 Å². The first-order valence-corrected chi connectivity index (χ1v) is 5.86. The van der Waals surface area contributed by atoms with E-state index in [4.69, 9.17) is 0 Å². The highest BCUT2D eigenvalue weighted by Crippen LogP contribution is 2.05. The van der Waals surface area contributed by atoms with Gasteiger partial charge in [-0.15, -0.1) is 0 Å². The van der Waals surface area contributed by atoms with Crippen LogP contribution in [0, 0.1) is 11.8 Å². The highest BCUT2D eigenvalue weighted by molar-refractivity contribution is 5.71. The summed E-state index contributed by atoms with van der Waals surface area (Å²) in [6.07, 6.45) is 3.73. The number of hydrogen-bond donors (Lipinski definition) is 1. The lowest BCUT2D eigenvalue weighted by molar-refractivity contribution is -0.144. The molecule has 0 amide bonds. The smallest absolute Gasteiger partial charge is 0.309 e. The molecule has 0 heterocycles. The first kappa shape index (κ1) is 14.4. The quantitative estimate of drug-likeness (QED) is 0.498. The van der Waals surface area contributed by atoms with Gasteiger partial charge in [-0.1, -0.05) is 33.6 Å². The van der Waals surface area contributed by atoms with Crippen molar-refractivity contribution in [3.05, 3.63) is 0 Å². The summed E-state index contributed by atoms with van der Waals surface area (Å²) in [6.45, 7) is 8.08. The van der Waals surface area contributed by atoms with Gasteiger partial charge in [-0.25, -0.2) is 0 Å². The molecule has 3 nitrogen and oxygen atoms in total. The van der Waals surface area contributed by atoms with E-state index in [1.54, 1.807) is 0 Å². The van der Waals surface area contributed by atoms with Crippen LogP contribution in [0.4, 0.5) is 0 Å². The zero-order chi connectivity index (χ0) is 11.7. The third-order valence-corrected chi connectivity index (χ3v) is 2.44. The predicted molar refractivity (Wildman–Crippen MR) is 62.7 cm³/mol. The van der Waals surface area contributed by atoms with Gasteiger partial charge in [0.25, 0.3) is 0 Å². The Hall–Kier alpha value is -0.570. The normalized spacial score (nSPS) is 12.9. The molecule has 0 fully saturated rings. The lowest BCUT2D eigenvalue weighted by Gasteiger charge is -2.10. The van der Waals surface area contributed by atoms with Crippen molar-refractivity contribution in [2.45, 2.75) is 40.0 Å². The highest BCUT2D eigenvalue weighted by Gasteiger charge is 2.11. The summed E-state index contributed by atoms with van der Waals surface area (Å²) in [5.74, 6) is 0.615. The van der Waals surface area contributed by atoms with Crippen LogP contribution in [-0.2, 0) is 9.53 Å². The topological polar surface area (TPSA) is 38.3 Å². The Morgan fingerprint density at radius 3 is 2.47 bits per heavy atom. The van der Waals surface area contributed by atoms with Crippen molar-refractivity contribution < 1.29 is 9.53 Å². The van der Waals surface area contributed by atoms with Gasteiger partial charge >= 0.3 is 5.97 Å². The van der Waals surface area contributed by atoms with Gasteiger partial charge in [0.15, 0.2) is 0 Å². The molecule has 0 aromatic heterocycles. The molecule has 0 aromatic rings. The summed E-state index contributed by atoms with van der Waals surface area (Å²) in [4.78, 5) is 11.1. The minimum absolute atomic E-state index is 0.0416. The van der Waals surface area contributed by atoms with E-state index in [0.717, 1.165) is 12.5 Å². The fourth-order valence-corrected chi connectivity index (χ4v) is 1.41. The molecule has 0 radical (unpaired) electrons. The summed E-state index contributed by atoms with van der Waals surface area (Å²) in [5, 5.41) is 3.27. The van der Waals surface area contributed by atoms with Gasteiger partial charge < -0.3 is 10.1 Å². The van der Waals surface area contributed by atoms with E-state index in [0.29, 0.717) is 6.54 Å². The standard InChI is InChI=1S/C12H25NO2/c1-10(2)7-5-6-8-13-9-11(3)12(14)15-4/h10-11,13H,5-9H2,1-4H3. The first-order chi connectivity index (χ1) is 7.07. The van der Waals surface area contributed by atoms with Gasteiger partial charge in [0.2, 0.25) is 0 Å². The van der Waals surface area contributed by atoms with Crippen LogP contribution in [0.2, 0.25) is 0 Å². The number of methoxy groups -OCH3 is 1. The number of carbonyl (C=O) groups is 1. The number of unbranched alkanes of at least 4 members (excludes halogenated alkanes) is 1. The number of carbonyl (C=O) groups excluding carboxylic acids is 1. The maximum atomic E-state index is 11.1. The van der Waals surface area contributed by atoms with Crippen LogP contribution in [0.15, 0.2) is 0 Å². The van der Waals surface area contributed by atoms with Gasteiger partial charge in [0.1, 0.15) is 0 Å². The largest absolute Gasteiger partial charge is 0.469 e. The van der Waals surface area contributed by atoms with Gasteiger partial charge in [-0.2, -0.15) is 0 Å². The molecule has 1 N–H and O–H groups in total. The van der Waals surface area contributed by atoms with Crippen LogP contribution >= 0.6 is 0 Å². The van der Waals surface area contributed by atoms with E-state index in [1.165, 1.54) is 26.4 Å². The molecule has 1 atom stereocenters. The maximum Gasteiger partial charge on any atom is 0.309 e. The number of esters is 1. The zero-order valence-electron chi connectivity index (χ0n) is 10.5. The molecule has 0 aliphatic rings. The van der Waals surface area contributed by atoms with E-state index in [2.05, 4.69) is 23.9 Å². The number of hydrogen-bond acceptors (Lipinski definition) is 3. The Balaban J connectivity index is 3.27. The number of nitrogens with one attached hydrogen (secondary N) is 1. The number of ether oxygens (including phenoxy) is 1. The second-order valence-corrected chi connectivity index (χ2v) is 4.52. The molecule has 1 unspecified atom stereocenters. The average molecular weight is 215 g/mol.